The van der Waals surface area contributed by atoms with E-state index in [2.05, 4.69) is 5.32 Å². The van der Waals surface area contributed by atoms with Crippen LogP contribution in [-0.4, -0.2) is 18.0 Å². The molecule has 2 amide bonds. The standard InChI is InChI=1S/C18H22N2O/c1-13-9-8-10-14(2)17(13)19-18(21)20(4)15(3)16-11-6-5-7-12-16/h5-12,15H,1-4H3,(H,19,21)/t15-/m0/s1. The zero-order valence-electron chi connectivity index (χ0n) is 13.1. The van der Waals surface area contributed by atoms with Crippen LogP contribution < -0.4 is 5.32 Å². The molecule has 1 N–H and O–H groups in total. The van der Waals surface area contributed by atoms with E-state index in [1.165, 1.54) is 0 Å². The maximum Gasteiger partial charge on any atom is 0.322 e. The molecular formula is C18H22N2O. The Labute approximate surface area is 126 Å². The molecule has 0 heterocycles. The van der Waals surface area contributed by atoms with Gasteiger partial charge in [0.2, 0.25) is 0 Å². The van der Waals surface area contributed by atoms with Crippen LogP contribution in [-0.2, 0) is 0 Å². The number of para-hydroxylation sites is 1. The van der Waals surface area contributed by atoms with Crippen LogP contribution >= 0.6 is 0 Å². The lowest BCUT2D eigenvalue weighted by atomic mass is 10.1. The molecule has 0 aliphatic heterocycles. The maximum absolute atomic E-state index is 12.4. The second-order valence-electron chi connectivity index (χ2n) is 5.39. The zero-order valence-corrected chi connectivity index (χ0v) is 13.1. The molecule has 0 saturated heterocycles. The van der Waals surface area contributed by atoms with Gasteiger partial charge in [-0.1, -0.05) is 48.5 Å². The number of urea groups is 1. The van der Waals surface area contributed by atoms with Crippen molar-refractivity contribution in [2.45, 2.75) is 26.8 Å². The number of carbonyl (C=O) groups is 1. The van der Waals surface area contributed by atoms with E-state index in [-0.39, 0.29) is 12.1 Å². The van der Waals surface area contributed by atoms with Gasteiger partial charge < -0.3 is 10.2 Å². The van der Waals surface area contributed by atoms with Gasteiger partial charge in [-0.05, 0) is 37.5 Å². The van der Waals surface area contributed by atoms with E-state index in [9.17, 15) is 4.79 Å². The van der Waals surface area contributed by atoms with Gasteiger partial charge in [0.1, 0.15) is 0 Å². The van der Waals surface area contributed by atoms with Crippen molar-refractivity contribution < 1.29 is 4.79 Å². The Kier molecular flexibility index (Phi) is 4.63. The monoisotopic (exact) mass is 282 g/mol. The first-order valence-corrected chi connectivity index (χ1v) is 7.15. The lowest BCUT2D eigenvalue weighted by molar-refractivity contribution is 0.208. The van der Waals surface area contributed by atoms with Gasteiger partial charge in [0, 0.05) is 12.7 Å². The SMILES string of the molecule is Cc1cccc(C)c1NC(=O)N(C)[C@@H](C)c1ccccc1. The van der Waals surface area contributed by atoms with Gasteiger partial charge in [-0.2, -0.15) is 0 Å². The quantitative estimate of drug-likeness (QED) is 0.881. The third-order valence-electron chi connectivity index (χ3n) is 3.90. The van der Waals surface area contributed by atoms with Crippen molar-refractivity contribution in [3.63, 3.8) is 0 Å². The molecule has 0 radical (unpaired) electrons. The molecule has 0 spiro atoms. The summed E-state index contributed by atoms with van der Waals surface area (Å²) in [6.45, 7) is 6.03. The molecule has 3 heteroatoms. The summed E-state index contributed by atoms with van der Waals surface area (Å²) in [4.78, 5) is 14.2. The van der Waals surface area contributed by atoms with Gasteiger partial charge in [-0.25, -0.2) is 4.79 Å². The van der Waals surface area contributed by atoms with E-state index >= 15 is 0 Å². The Morgan fingerprint density at radius 2 is 1.57 bits per heavy atom. The van der Waals surface area contributed by atoms with Gasteiger partial charge in [-0.15, -0.1) is 0 Å². The fourth-order valence-electron chi connectivity index (χ4n) is 2.34. The number of benzene rings is 2. The third-order valence-corrected chi connectivity index (χ3v) is 3.90. The minimum Gasteiger partial charge on any atom is -0.321 e. The number of rotatable bonds is 3. The topological polar surface area (TPSA) is 32.3 Å². The smallest absolute Gasteiger partial charge is 0.321 e. The summed E-state index contributed by atoms with van der Waals surface area (Å²) in [7, 11) is 1.82. The van der Waals surface area contributed by atoms with E-state index < -0.39 is 0 Å². The van der Waals surface area contributed by atoms with E-state index in [0.717, 1.165) is 22.4 Å². The number of aryl methyl sites for hydroxylation is 2. The average molecular weight is 282 g/mol. The highest BCUT2D eigenvalue weighted by Gasteiger charge is 2.18. The van der Waals surface area contributed by atoms with Crippen molar-refractivity contribution in [1.82, 2.24) is 4.90 Å². The second-order valence-corrected chi connectivity index (χ2v) is 5.39. The van der Waals surface area contributed by atoms with E-state index in [1.54, 1.807) is 4.90 Å². The molecule has 0 aliphatic carbocycles. The summed E-state index contributed by atoms with van der Waals surface area (Å²) >= 11 is 0. The minimum absolute atomic E-state index is 0.0236. The number of anilines is 1. The number of nitrogens with zero attached hydrogens (tertiary/aromatic N) is 1. The molecule has 110 valence electrons. The molecule has 0 saturated carbocycles. The highest BCUT2D eigenvalue weighted by Crippen LogP contribution is 2.22. The molecule has 0 aliphatic rings. The van der Waals surface area contributed by atoms with Gasteiger partial charge in [0.05, 0.1) is 6.04 Å². The first kappa shape index (κ1) is 15.1. The van der Waals surface area contributed by atoms with Crippen molar-refractivity contribution in [2.75, 3.05) is 12.4 Å². The zero-order chi connectivity index (χ0) is 15.4. The summed E-state index contributed by atoms with van der Waals surface area (Å²) < 4.78 is 0. The summed E-state index contributed by atoms with van der Waals surface area (Å²) in [5, 5.41) is 3.02. The predicted molar refractivity (Wildman–Crippen MR) is 87.6 cm³/mol. The summed E-state index contributed by atoms with van der Waals surface area (Å²) in [5.41, 5.74) is 4.17. The first-order chi connectivity index (χ1) is 10.0. The lowest BCUT2D eigenvalue weighted by Crippen LogP contribution is -2.34. The summed E-state index contributed by atoms with van der Waals surface area (Å²) in [6.07, 6.45) is 0. The third kappa shape index (κ3) is 3.43. The maximum atomic E-state index is 12.4. The molecule has 0 aromatic heterocycles. The minimum atomic E-state index is -0.0937. The Bertz CT molecular complexity index is 602. The van der Waals surface area contributed by atoms with Crippen LogP contribution in [0.15, 0.2) is 48.5 Å². The largest absolute Gasteiger partial charge is 0.322 e. The highest BCUT2D eigenvalue weighted by molar-refractivity contribution is 5.91. The van der Waals surface area contributed by atoms with Gasteiger partial charge >= 0.3 is 6.03 Å². The number of amides is 2. The van der Waals surface area contributed by atoms with Crippen LogP contribution in [0, 0.1) is 13.8 Å². The molecule has 0 fully saturated rings. The van der Waals surface area contributed by atoms with Crippen LogP contribution in [0.1, 0.15) is 29.7 Å². The van der Waals surface area contributed by atoms with Crippen molar-refractivity contribution in [3.8, 4) is 0 Å². The fourth-order valence-corrected chi connectivity index (χ4v) is 2.34. The average Bonchev–Trinajstić information content (AvgIpc) is 2.50. The number of nitrogens with one attached hydrogen (secondary N) is 1. The second kappa shape index (κ2) is 6.44. The normalized spacial score (nSPS) is 11.8. The van der Waals surface area contributed by atoms with Crippen LogP contribution in [0.4, 0.5) is 10.5 Å². The molecule has 2 aromatic rings. The summed E-state index contributed by atoms with van der Waals surface area (Å²) in [6, 6.07) is 16.0. The molecule has 0 unspecified atom stereocenters. The summed E-state index contributed by atoms with van der Waals surface area (Å²) in [5.74, 6) is 0. The van der Waals surface area contributed by atoms with Crippen molar-refractivity contribution in [2.24, 2.45) is 0 Å². The van der Waals surface area contributed by atoms with Gasteiger partial charge in [0.25, 0.3) is 0 Å². The molecule has 21 heavy (non-hydrogen) atoms. The van der Waals surface area contributed by atoms with Crippen molar-refractivity contribution in [3.05, 3.63) is 65.2 Å². The van der Waals surface area contributed by atoms with Gasteiger partial charge in [-0.3, -0.25) is 0 Å². The Hall–Kier alpha value is -2.29. The van der Waals surface area contributed by atoms with Crippen LogP contribution in [0.2, 0.25) is 0 Å². The molecule has 1 atom stereocenters. The Morgan fingerprint density at radius 1 is 1.00 bits per heavy atom. The van der Waals surface area contributed by atoms with Crippen LogP contribution in [0.3, 0.4) is 0 Å². The number of carbonyl (C=O) groups excluding carboxylic acids is 1. The molecule has 2 rings (SSSR count). The van der Waals surface area contributed by atoms with Crippen molar-refractivity contribution in [1.29, 1.82) is 0 Å². The van der Waals surface area contributed by atoms with E-state index in [1.807, 2.05) is 76.3 Å². The van der Waals surface area contributed by atoms with E-state index in [4.69, 9.17) is 0 Å². The van der Waals surface area contributed by atoms with Crippen LogP contribution in [0.5, 0.6) is 0 Å². The number of hydrogen-bond donors (Lipinski definition) is 1. The Balaban J connectivity index is 2.13. The molecule has 3 nitrogen and oxygen atoms in total. The Morgan fingerprint density at radius 3 is 2.14 bits per heavy atom. The number of hydrogen-bond acceptors (Lipinski definition) is 1. The molecule has 0 bridgehead atoms. The first-order valence-electron chi connectivity index (χ1n) is 7.15. The highest BCUT2D eigenvalue weighted by atomic mass is 16.2. The van der Waals surface area contributed by atoms with E-state index in [0.29, 0.717) is 0 Å². The van der Waals surface area contributed by atoms with Gasteiger partial charge in [0.15, 0.2) is 0 Å². The molecule has 2 aromatic carbocycles. The predicted octanol–water partition coefficient (Wildman–Crippen LogP) is 4.53. The van der Waals surface area contributed by atoms with Crippen LogP contribution in [0.25, 0.3) is 0 Å². The lowest BCUT2D eigenvalue weighted by Gasteiger charge is -2.26. The molecular weight excluding hydrogens is 260 g/mol. The fraction of sp³-hybridized carbons (Fsp3) is 0.278. The van der Waals surface area contributed by atoms with Crippen molar-refractivity contribution >= 4 is 11.7 Å².